The zero-order valence-electron chi connectivity index (χ0n) is 11.4. The van der Waals surface area contributed by atoms with Gasteiger partial charge in [0.25, 0.3) is 0 Å². The predicted molar refractivity (Wildman–Crippen MR) is 71.8 cm³/mol. The highest BCUT2D eigenvalue weighted by atomic mass is 28.4. The predicted octanol–water partition coefficient (Wildman–Crippen LogP) is 3.25. The summed E-state index contributed by atoms with van der Waals surface area (Å²) in [5.41, 5.74) is 0. The maximum Gasteiger partial charge on any atom is 0.191 e. The third-order valence-electron chi connectivity index (χ3n) is 3.15. The molecule has 0 aliphatic carbocycles. The van der Waals surface area contributed by atoms with Crippen LogP contribution in [0.1, 0.15) is 27.2 Å². The van der Waals surface area contributed by atoms with Crippen molar-refractivity contribution in [2.45, 2.75) is 51.4 Å². The molecule has 0 aliphatic rings. The van der Waals surface area contributed by atoms with Crippen molar-refractivity contribution >= 4 is 8.32 Å². The molecule has 2 nitrogen and oxygen atoms in total. The van der Waals surface area contributed by atoms with Crippen LogP contribution in [-0.2, 0) is 4.43 Å². The first-order valence-corrected chi connectivity index (χ1v) is 8.66. The molecule has 0 aromatic rings. The van der Waals surface area contributed by atoms with Crippen LogP contribution in [0.4, 0.5) is 4.39 Å². The first-order valence-electron chi connectivity index (χ1n) is 5.75. The van der Waals surface area contributed by atoms with Gasteiger partial charge in [-0.15, -0.1) is 6.42 Å². The fraction of sp³-hybridized carbons (Fsp3) is 0.692. The normalized spacial score (nSPS) is 15.5. The molecule has 0 heterocycles. The van der Waals surface area contributed by atoms with Crippen LogP contribution in [0.5, 0.6) is 0 Å². The molecule has 0 saturated carbocycles. The monoisotopic (exact) mass is 258 g/mol. The van der Waals surface area contributed by atoms with Gasteiger partial charge >= 0.3 is 0 Å². The van der Waals surface area contributed by atoms with Gasteiger partial charge in [0.05, 0.1) is 0 Å². The van der Waals surface area contributed by atoms with Crippen molar-refractivity contribution in [3.05, 3.63) is 11.9 Å². The van der Waals surface area contributed by atoms with Gasteiger partial charge in [0.2, 0.25) is 0 Å². The minimum absolute atomic E-state index is 0.146. The minimum atomic E-state index is -1.77. The fourth-order valence-corrected chi connectivity index (χ4v) is 1.98. The molecule has 17 heavy (non-hydrogen) atoms. The van der Waals surface area contributed by atoms with Crippen LogP contribution in [0.25, 0.3) is 0 Å². The van der Waals surface area contributed by atoms with Crippen LogP contribution in [-0.4, -0.2) is 26.1 Å². The Hall–Kier alpha value is -0.633. The smallest absolute Gasteiger partial charge is 0.191 e. The zero-order chi connectivity index (χ0) is 13.7. The molecule has 1 atom stereocenters. The molecule has 1 unspecified atom stereocenters. The van der Waals surface area contributed by atoms with E-state index in [9.17, 15) is 4.39 Å². The van der Waals surface area contributed by atoms with Gasteiger partial charge in [-0.1, -0.05) is 26.7 Å². The highest BCUT2D eigenvalue weighted by molar-refractivity contribution is 6.74. The second-order valence-electron chi connectivity index (χ2n) is 5.56. The number of aliphatic hydroxyl groups excluding tert-OH is 1. The average Bonchev–Trinajstić information content (AvgIpc) is 2.21. The van der Waals surface area contributed by atoms with E-state index in [-0.39, 0.29) is 5.04 Å². The summed E-state index contributed by atoms with van der Waals surface area (Å²) < 4.78 is 18.9. The molecule has 0 fully saturated rings. The molecule has 0 bridgehead atoms. The quantitative estimate of drug-likeness (QED) is 0.466. The Kier molecular flexibility index (Phi) is 6.10. The van der Waals surface area contributed by atoms with Crippen LogP contribution in [0, 0.1) is 12.3 Å². The molecule has 0 amide bonds. The van der Waals surface area contributed by atoms with Crippen molar-refractivity contribution in [2.75, 3.05) is 6.61 Å². The first kappa shape index (κ1) is 16.4. The molecule has 0 aliphatic heterocycles. The van der Waals surface area contributed by atoms with Gasteiger partial charge in [-0.05, 0) is 30.6 Å². The standard InChI is InChI=1S/C13H23FO2Si/c1-7-12(15)11(14)9-8-10-16-17(5,6)13(2,3)4/h1,9,12,15H,8,10H2,2-6H3. The van der Waals surface area contributed by atoms with Crippen LogP contribution >= 0.6 is 0 Å². The van der Waals surface area contributed by atoms with Crippen molar-refractivity contribution in [3.8, 4) is 12.3 Å². The van der Waals surface area contributed by atoms with Crippen LogP contribution in [0.15, 0.2) is 11.9 Å². The van der Waals surface area contributed by atoms with E-state index in [1.165, 1.54) is 6.08 Å². The highest BCUT2D eigenvalue weighted by Gasteiger charge is 2.36. The number of terminal acetylenes is 1. The number of halogens is 1. The molecule has 0 rings (SSSR count). The van der Waals surface area contributed by atoms with E-state index in [1.807, 2.05) is 5.92 Å². The summed E-state index contributed by atoms with van der Waals surface area (Å²) in [7, 11) is -1.77. The van der Waals surface area contributed by atoms with Gasteiger partial charge in [0.1, 0.15) is 5.83 Å². The molecule has 0 spiro atoms. The Labute approximate surface area is 105 Å². The molecule has 0 aromatic carbocycles. The summed E-state index contributed by atoms with van der Waals surface area (Å²) in [6, 6.07) is 0. The highest BCUT2D eigenvalue weighted by Crippen LogP contribution is 2.36. The maximum atomic E-state index is 13.1. The second kappa shape index (κ2) is 6.34. The van der Waals surface area contributed by atoms with E-state index < -0.39 is 20.2 Å². The largest absolute Gasteiger partial charge is 0.417 e. The van der Waals surface area contributed by atoms with Crippen molar-refractivity contribution in [3.63, 3.8) is 0 Å². The molecule has 0 radical (unpaired) electrons. The van der Waals surface area contributed by atoms with E-state index in [0.717, 1.165) is 0 Å². The molecule has 0 saturated heterocycles. The van der Waals surface area contributed by atoms with Gasteiger partial charge in [-0.3, -0.25) is 0 Å². The molecule has 1 N–H and O–H groups in total. The maximum absolute atomic E-state index is 13.1. The fourth-order valence-electron chi connectivity index (χ4n) is 0.919. The van der Waals surface area contributed by atoms with Gasteiger partial charge in [-0.25, -0.2) is 4.39 Å². The molecule has 4 heteroatoms. The lowest BCUT2D eigenvalue weighted by Crippen LogP contribution is -2.40. The molecule has 0 aromatic heterocycles. The van der Waals surface area contributed by atoms with E-state index in [0.29, 0.717) is 13.0 Å². The van der Waals surface area contributed by atoms with Crippen LogP contribution in [0.3, 0.4) is 0 Å². The number of rotatable bonds is 5. The van der Waals surface area contributed by atoms with E-state index in [2.05, 4.69) is 33.9 Å². The Bertz CT molecular complexity index is 310. The minimum Gasteiger partial charge on any atom is -0.417 e. The summed E-state index contributed by atoms with van der Waals surface area (Å²) in [6.45, 7) is 11.2. The Balaban J connectivity index is 4.15. The molecular weight excluding hydrogens is 235 g/mol. The van der Waals surface area contributed by atoms with E-state index in [1.54, 1.807) is 0 Å². The number of hydrogen-bond acceptors (Lipinski definition) is 2. The van der Waals surface area contributed by atoms with Crippen molar-refractivity contribution < 1.29 is 13.9 Å². The van der Waals surface area contributed by atoms with Crippen LogP contribution in [0.2, 0.25) is 18.1 Å². The summed E-state index contributed by atoms with van der Waals surface area (Å²) >= 11 is 0. The molecular formula is C13H23FO2Si. The second-order valence-corrected chi connectivity index (χ2v) is 10.4. The van der Waals surface area contributed by atoms with E-state index in [4.69, 9.17) is 16.0 Å². The Morgan fingerprint density at radius 2 is 2.06 bits per heavy atom. The van der Waals surface area contributed by atoms with Gasteiger partial charge < -0.3 is 9.53 Å². The third kappa shape index (κ3) is 5.49. The lowest BCUT2D eigenvalue weighted by molar-refractivity contribution is 0.234. The first-order chi connectivity index (χ1) is 7.62. The molecule has 98 valence electrons. The van der Waals surface area contributed by atoms with Crippen molar-refractivity contribution in [1.82, 2.24) is 0 Å². The van der Waals surface area contributed by atoms with Crippen molar-refractivity contribution in [1.29, 1.82) is 0 Å². The van der Waals surface area contributed by atoms with Gasteiger partial charge in [0, 0.05) is 6.61 Å². The third-order valence-corrected chi connectivity index (χ3v) is 7.68. The summed E-state index contributed by atoms with van der Waals surface area (Å²) in [6.07, 6.45) is 5.19. The van der Waals surface area contributed by atoms with Gasteiger partial charge in [-0.2, -0.15) is 0 Å². The number of aliphatic hydroxyl groups is 1. The van der Waals surface area contributed by atoms with E-state index >= 15 is 0 Å². The summed E-state index contributed by atoms with van der Waals surface area (Å²) in [5, 5.41) is 9.15. The SMILES string of the molecule is C#CC(O)C(F)=CCCO[Si](C)(C)C(C)(C)C. The van der Waals surface area contributed by atoms with Crippen molar-refractivity contribution in [2.24, 2.45) is 0 Å². The van der Waals surface area contributed by atoms with Gasteiger partial charge in [0.15, 0.2) is 14.4 Å². The lowest BCUT2D eigenvalue weighted by Gasteiger charge is -2.36. The lowest BCUT2D eigenvalue weighted by atomic mass is 10.2. The average molecular weight is 258 g/mol. The Morgan fingerprint density at radius 1 is 1.53 bits per heavy atom. The topological polar surface area (TPSA) is 29.5 Å². The zero-order valence-corrected chi connectivity index (χ0v) is 12.4. The van der Waals surface area contributed by atoms with Crippen LogP contribution < -0.4 is 0 Å². The Morgan fingerprint density at radius 3 is 2.47 bits per heavy atom. The number of hydrogen-bond donors (Lipinski definition) is 1. The summed E-state index contributed by atoms with van der Waals surface area (Å²) in [4.78, 5) is 0. The summed E-state index contributed by atoms with van der Waals surface area (Å²) in [5.74, 6) is 1.25.